The van der Waals surface area contributed by atoms with Crippen molar-refractivity contribution < 1.29 is 22.9 Å². The number of carbonyl (C=O) groups excluding carboxylic acids is 1. The number of hydrogen-bond donors (Lipinski definition) is 0. The Morgan fingerprint density at radius 2 is 2.05 bits per heavy atom. The highest BCUT2D eigenvalue weighted by Gasteiger charge is 2.24. The van der Waals surface area contributed by atoms with Crippen LogP contribution in [-0.2, 0) is 19.6 Å². The molecule has 0 aliphatic heterocycles. The lowest BCUT2D eigenvalue weighted by Gasteiger charge is -2.17. The molecule has 0 heterocycles. The highest BCUT2D eigenvalue weighted by molar-refractivity contribution is 7.89. The average Bonchev–Trinajstić information content (AvgIpc) is 2.46. The molecule has 0 radical (unpaired) electrons. The molecule has 0 unspecified atom stereocenters. The van der Waals surface area contributed by atoms with Crippen LogP contribution in [0.4, 0.5) is 5.69 Å². The van der Waals surface area contributed by atoms with Gasteiger partial charge >= 0.3 is 5.97 Å². The normalized spacial score (nSPS) is 11.5. The SMILES string of the molecule is COC(=O)CCCN(C)S(=O)(=O)c1ccc(C)c([N+](=O)[O-])c1. The van der Waals surface area contributed by atoms with Gasteiger partial charge in [0.1, 0.15) is 0 Å². The number of nitro groups is 1. The van der Waals surface area contributed by atoms with Gasteiger partial charge in [-0.2, -0.15) is 0 Å². The summed E-state index contributed by atoms with van der Waals surface area (Å²) in [5, 5.41) is 10.9. The van der Waals surface area contributed by atoms with E-state index in [0.29, 0.717) is 12.0 Å². The monoisotopic (exact) mass is 330 g/mol. The quantitative estimate of drug-likeness (QED) is 0.426. The van der Waals surface area contributed by atoms with E-state index in [-0.39, 0.29) is 23.5 Å². The molecule has 0 fully saturated rings. The zero-order valence-corrected chi connectivity index (χ0v) is 13.4. The summed E-state index contributed by atoms with van der Waals surface area (Å²) in [6, 6.07) is 3.77. The van der Waals surface area contributed by atoms with Gasteiger partial charge in [-0.3, -0.25) is 14.9 Å². The van der Waals surface area contributed by atoms with E-state index in [4.69, 9.17) is 0 Å². The Morgan fingerprint density at radius 1 is 1.41 bits per heavy atom. The van der Waals surface area contributed by atoms with Gasteiger partial charge in [0.15, 0.2) is 0 Å². The molecule has 0 bridgehead atoms. The Hall–Kier alpha value is -2.00. The lowest BCUT2D eigenvalue weighted by atomic mass is 10.2. The van der Waals surface area contributed by atoms with E-state index in [1.54, 1.807) is 0 Å². The molecule has 0 N–H and O–H groups in total. The van der Waals surface area contributed by atoms with Crippen molar-refractivity contribution in [1.29, 1.82) is 0 Å². The van der Waals surface area contributed by atoms with Crippen molar-refractivity contribution in [2.75, 3.05) is 20.7 Å². The number of benzene rings is 1. The van der Waals surface area contributed by atoms with Crippen molar-refractivity contribution >= 4 is 21.7 Å². The molecule has 1 aromatic carbocycles. The molecule has 0 amide bonds. The van der Waals surface area contributed by atoms with Crippen molar-refractivity contribution in [2.45, 2.75) is 24.7 Å². The van der Waals surface area contributed by atoms with Gasteiger partial charge in [0.05, 0.1) is 16.9 Å². The Labute approximate surface area is 128 Å². The lowest BCUT2D eigenvalue weighted by Crippen LogP contribution is -2.28. The third kappa shape index (κ3) is 4.25. The number of ether oxygens (including phenoxy) is 1. The number of sulfonamides is 1. The summed E-state index contributed by atoms with van der Waals surface area (Å²) in [7, 11) is -1.22. The molecule has 0 aliphatic rings. The lowest BCUT2D eigenvalue weighted by molar-refractivity contribution is -0.385. The topological polar surface area (TPSA) is 107 Å². The molecule has 0 saturated carbocycles. The number of aryl methyl sites for hydroxylation is 1. The van der Waals surface area contributed by atoms with Crippen molar-refractivity contribution in [1.82, 2.24) is 4.31 Å². The minimum atomic E-state index is -3.84. The van der Waals surface area contributed by atoms with Crippen LogP contribution in [0.5, 0.6) is 0 Å². The number of rotatable bonds is 7. The summed E-state index contributed by atoms with van der Waals surface area (Å²) in [6.07, 6.45) is 0.404. The van der Waals surface area contributed by atoms with Crippen LogP contribution in [0.15, 0.2) is 23.1 Å². The number of carbonyl (C=O) groups is 1. The number of nitro benzene ring substituents is 1. The largest absolute Gasteiger partial charge is 0.469 e. The van der Waals surface area contributed by atoms with E-state index in [1.807, 2.05) is 0 Å². The smallest absolute Gasteiger partial charge is 0.305 e. The fraction of sp³-hybridized carbons (Fsp3) is 0.462. The van der Waals surface area contributed by atoms with Crippen LogP contribution in [0.1, 0.15) is 18.4 Å². The number of nitrogens with zero attached hydrogens (tertiary/aromatic N) is 2. The van der Waals surface area contributed by atoms with Crippen LogP contribution in [0.2, 0.25) is 0 Å². The highest BCUT2D eigenvalue weighted by Crippen LogP contribution is 2.24. The first kappa shape index (κ1) is 18.1. The minimum absolute atomic E-state index is 0.102. The van der Waals surface area contributed by atoms with Gasteiger partial charge < -0.3 is 4.74 Å². The van der Waals surface area contributed by atoms with Gasteiger partial charge in [0, 0.05) is 31.6 Å². The molecule has 0 aromatic heterocycles. The second-order valence-electron chi connectivity index (χ2n) is 4.71. The highest BCUT2D eigenvalue weighted by atomic mass is 32.2. The van der Waals surface area contributed by atoms with Crippen LogP contribution in [0.3, 0.4) is 0 Å². The van der Waals surface area contributed by atoms with Crippen LogP contribution in [0, 0.1) is 17.0 Å². The standard InChI is InChI=1S/C13H18N2O6S/c1-10-6-7-11(9-12(10)15(17)18)22(19,20)14(2)8-4-5-13(16)21-3/h6-7,9H,4-5,8H2,1-3H3. The van der Waals surface area contributed by atoms with Crippen molar-refractivity contribution in [2.24, 2.45) is 0 Å². The molecule has 9 heteroatoms. The van der Waals surface area contributed by atoms with E-state index in [2.05, 4.69) is 4.74 Å². The third-order valence-electron chi connectivity index (χ3n) is 3.17. The molecule has 0 atom stereocenters. The Morgan fingerprint density at radius 3 is 2.59 bits per heavy atom. The molecule has 8 nitrogen and oxygen atoms in total. The van der Waals surface area contributed by atoms with E-state index in [9.17, 15) is 23.3 Å². The Balaban J connectivity index is 2.92. The zero-order chi connectivity index (χ0) is 16.9. The maximum absolute atomic E-state index is 12.4. The molecule has 0 saturated heterocycles. The van der Waals surface area contributed by atoms with E-state index >= 15 is 0 Å². The maximum atomic E-state index is 12.4. The van der Waals surface area contributed by atoms with Gasteiger partial charge in [-0.05, 0) is 19.4 Å². The molecular formula is C13H18N2O6S. The minimum Gasteiger partial charge on any atom is -0.469 e. The van der Waals surface area contributed by atoms with E-state index in [1.165, 1.54) is 33.2 Å². The van der Waals surface area contributed by atoms with Gasteiger partial charge in [0.2, 0.25) is 10.0 Å². The average molecular weight is 330 g/mol. The van der Waals surface area contributed by atoms with E-state index < -0.39 is 20.9 Å². The number of esters is 1. The first-order chi connectivity index (χ1) is 10.2. The van der Waals surface area contributed by atoms with Crippen molar-refractivity contribution in [3.8, 4) is 0 Å². The summed E-state index contributed by atoms with van der Waals surface area (Å²) >= 11 is 0. The summed E-state index contributed by atoms with van der Waals surface area (Å²) in [6.45, 7) is 1.65. The van der Waals surface area contributed by atoms with Crippen molar-refractivity contribution in [3.05, 3.63) is 33.9 Å². The number of methoxy groups -OCH3 is 1. The van der Waals surface area contributed by atoms with Gasteiger partial charge in [0.25, 0.3) is 5.69 Å². The van der Waals surface area contributed by atoms with E-state index in [0.717, 1.165) is 10.4 Å². The van der Waals surface area contributed by atoms with Crippen LogP contribution < -0.4 is 0 Å². The summed E-state index contributed by atoms with van der Waals surface area (Å²) in [5.74, 6) is -0.420. The molecule has 122 valence electrons. The summed E-state index contributed by atoms with van der Waals surface area (Å²) in [5.41, 5.74) is 0.140. The summed E-state index contributed by atoms with van der Waals surface area (Å²) in [4.78, 5) is 21.1. The molecular weight excluding hydrogens is 312 g/mol. The predicted molar refractivity (Wildman–Crippen MR) is 78.9 cm³/mol. The van der Waals surface area contributed by atoms with Crippen LogP contribution >= 0.6 is 0 Å². The van der Waals surface area contributed by atoms with Crippen molar-refractivity contribution in [3.63, 3.8) is 0 Å². The molecule has 22 heavy (non-hydrogen) atoms. The zero-order valence-electron chi connectivity index (χ0n) is 12.6. The summed E-state index contributed by atoms with van der Waals surface area (Å²) < 4.78 is 30.2. The Bertz CT molecular complexity index is 671. The first-order valence-electron chi connectivity index (χ1n) is 6.48. The second kappa shape index (κ2) is 7.32. The van der Waals surface area contributed by atoms with Gasteiger partial charge in [-0.15, -0.1) is 0 Å². The van der Waals surface area contributed by atoms with Crippen LogP contribution in [-0.4, -0.2) is 44.3 Å². The second-order valence-corrected chi connectivity index (χ2v) is 6.76. The fourth-order valence-electron chi connectivity index (χ4n) is 1.79. The first-order valence-corrected chi connectivity index (χ1v) is 7.92. The number of hydrogen-bond acceptors (Lipinski definition) is 6. The third-order valence-corrected chi connectivity index (χ3v) is 5.02. The predicted octanol–water partition coefficient (Wildman–Crippen LogP) is 1.48. The van der Waals surface area contributed by atoms with Crippen LogP contribution in [0.25, 0.3) is 0 Å². The van der Waals surface area contributed by atoms with Gasteiger partial charge in [-0.25, -0.2) is 12.7 Å². The van der Waals surface area contributed by atoms with Gasteiger partial charge in [-0.1, -0.05) is 6.07 Å². The maximum Gasteiger partial charge on any atom is 0.305 e. The fourth-order valence-corrected chi connectivity index (χ4v) is 3.02. The molecule has 0 spiro atoms. The molecule has 1 aromatic rings. The molecule has 0 aliphatic carbocycles. The Kier molecular flexibility index (Phi) is 6.01. The molecule has 1 rings (SSSR count).